The predicted octanol–water partition coefficient (Wildman–Crippen LogP) is 0.101. The standard InChI is InChI=1S/C10H12N2O2/c13-9-3-1-2-8(10(9)14)6-12-5-4-11-7-12/h1-5,7,9-10,13-14H,6H2. The van der Waals surface area contributed by atoms with Crippen LogP contribution in [0.15, 0.2) is 42.5 Å². The molecule has 2 rings (SSSR count). The van der Waals surface area contributed by atoms with Gasteiger partial charge in [-0.2, -0.15) is 0 Å². The molecule has 1 heterocycles. The minimum Gasteiger partial charge on any atom is -0.386 e. The van der Waals surface area contributed by atoms with E-state index in [0.717, 1.165) is 5.57 Å². The monoisotopic (exact) mass is 192 g/mol. The summed E-state index contributed by atoms with van der Waals surface area (Å²) in [5.74, 6) is 0. The van der Waals surface area contributed by atoms with Gasteiger partial charge in [-0.3, -0.25) is 0 Å². The van der Waals surface area contributed by atoms with Gasteiger partial charge in [-0.05, 0) is 5.57 Å². The van der Waals surface area contributed by atoms with Gasteiger partial charge in [-0.25, -0.2) is 4.98 Å². The number of aliphatic hydroxyl groups is 2. The molecule has 2 atom stereocenters. The maximum Gasteiger partial charge on any atom is 0.106 e. The number of allylic oxidation sites excluding steroid dienone is 2. The van der Waals surface area contributed by atoms with Crippen molar-refractivity contribution in [3.8, 4) is 0 Å². The van der Waals surface area contributed by atoms with Crippen LogP contribution in [0.3, 0.4) is 0 Å². The Labute approximate surface area is 81.8 Å². The van der Waals surface area contributed by atoms with Gasteiger partial charge in [0, 0.05) is 18.9 Å². The molecule has 4 heteroatoms. The Morgan fingerprint density at radius 2 is 2.29 bits per heavy atom. The molecular formula is C10H12N2O2. The fourth-order valence-corrected chi connectivity index (χ4v) is 1.45. The largest absolute Gasteiger partial charge is 0.386 e. The van der Waals surface area contributed by atoms with Gasteiger partial charge >= 0.3 is 0 Å². The third kappa shape index (κ3) is 1.76. The molecule has 0 aromatic carbocycles. The van der Waals surface area contributed by atoms with E-state index in [-0.39, 0.29) is 0 Å². The highest BCUT2D eigenvalue weighted by Gasteiger charge is 2.20. The second-order valence-electron chi connectivity index (χ2n) is 3.30. The van der Waals surface area contributed by atoms with Crippen LogP contribution in [-0.2, 0) is 6.54 Å². The molecule has 0 aliphatic heterocycles. The van der Waals surface area contributed by atoms with E-state index in [1.165, 1.54) is 0 Å². The molecule has 1 aliphatic carbocycles. The molecule has 74 valence electrons. The van der Waals surface area contributed by atoms with E-state index in [9.17, 15) is 10.2 Å². The zero-order valence-corrected chi connectivity index (χ0v) is 7.61. The van der Waals surface area contributed by atoms with E-state index >= 15 is 0 Å². The van der Waals surface area contributed by atoms with Gasteiger partial charge < -0.3 is 14.8 Å². The molecule has 14 heavy (non-hydrogen) atoms. The van der Waals surface area contributed by atoms with E-state index in [4.69, 9.17) is 0 Å². The summed E-state index contributed by atoms with van der Waals surface area (Å²) in [4.78, 5) is 3.91. The van der Waals surface area contributed by atoms with Crippen LogP contribution < -0.4 is 0 Å². The minimum absolute atomic E-state index is 0.558. The average Bonchev–Trinajstić information content (AvgIpc) is 2.66. The van der Waals surface area contributed by atoms with Gasteiger partial charge in [0.05, 0.1) is 6.33 Å². The van der Waals surface area contributed by atoms with Crippen molar-refractivity contribution in [2.45, 2.75) is 18.8 Å². The maximum atomic E-state index is 9.63. The summed E-state index contributed by atoms with van der Waals surface area (Å²) in [5.41, 5.74) is 0.790. The minimum atomic E-state index is -0.803. The molecule has 0 spiro atoms. The Morgan fingerprint density at radius 1 is 1.43 bits per heavy atom. The van der Waals surface area contributed by atoms with Crippen LogP contribution in [0.5, 0.6) is 0 Å². The molecule has 0 amide bonds. The lowest BCUT2D eigenvalue weighted by Crippen LogP contribution is -2.29. The third-order valence-electron chi connectivity index (χ3n) is 2.25. The Kier molecular flexibility index (Phi) is 2.47. The van der Waals surface area contributed by atoms with Crippen molar-refractivity contribution in [3.05, 3.63) is 42.5 Å². The van der Waals surface area contributed by atoms with Crippen LogP contribution in [0.25, 0.3) is 0 Å². The summed E-state index contributed by atoms with van der Waals surface area (Å²) in [7, 11) is 0. The number of aliphatic hydroxyl groups excluding tert-OH is 2. The zero-order chi connectivity index (χ0) is 9.97. The van der Waals surface area contributed by atoms with Crippen molar-refractivity contribution >= 4 is 0 Å². The molecular weight excluding hydrogens is 180 g/mol. The maximum absolute atomic E-state index is 9.63. The number of rotatable bonds is 2. The van der Waals surface area contributed by atoms with Crippen LogP contribution in [0.2, 0.25) is 0 Å². The Bertz CT molecular complexity index is 354. The van der Waals surface area contributed by atoms with E-state index in [0.29, 0.717) is 6.54 Å². The molecule has 2 unspecified atom stereocenters. The van der Waals surface area contributed by atoms with Gasteiger partial charge in [0.15, 0.2) is 0 Å². The van der Waals surface area contributed by atoms with E-state index in [2.05, 4.69) is 4.98 Å². The average molecular weight is 192 g/mol. The fraction of sp³-hybridized carbons (Fsp3) is 0.300. The van der Waals surface area contributed by atoms with Crippen LogP contribution in [0.4, 0.5) is 0 Å². The molecule has 4 nitrogen and oxygen atoms in total. The molecule has 1 aliphatic rings. The van der Waals surface area contributed by atoms with Crippen molar-refractivity contribution < 1.29 is 10.2 Å². The normalized spacial score (nSPS) is 26.3. The molecule has 1 aromatic heterocycles. The topological polar surface area (TPSA) is 58.3 Å². The Morgan fingerprint density at radius 3 is 3.00 bits per heavy atom. The third-order valence-corrected chi connectivity index (χ3v) is 2.25. The molecule has 0 saturated heterocycles. The summed E-state index contributed by atoms with van der Waals surface area (Å²) in [6.07, 6.45) is 8.72. The number of hydrogen-bond donors (Lipinski definition) is 2. The van der Waals surface area contributed by atoms with Gasteiger partial charge in [-0.1, -0.05) is 18.2 Å². The molecule has 0 bridgehead atoms. The first-order valence-corrected chi connectivity index (χ1v) is 4.46. The SMILES string of the molecule is OC1C=CC=C(Cn2ccnc2)C1O. The first kappa shape index (κ1) is 9.18. The van der Waals surface area contributed by atoms with Crippen LogP contribution in [0.1, 0.15) is 0 Å². The number of nitrogens with zero attached hydrogens (tertiary/aromatic N) is 2. The fourth-order valence-electron chi connectivity index (χ4n) is 1.45. The van der Waals surface area contributed by atoms with Gasteiger partial charge in [0.2, 0.25) is 0 Å². The summed E-state index contributed by atoms with van der Waals surface area (Å²) in [5, 5.41) is 19.0. The van der Waals surface area contributed by atoms with Gasteiger partial charge in [0.1, 0.15) is 12.2 Å². The van der Waals surface area contributed by atoms with Crippen LogP contribution >= 0.6 is 0 Å². The van der Waals surface area contributed by atoms with E-state index in [1.54, 1.807) is 24.7 Å². The Hall–Kier alpha value is -1.39. The van der Waals surface area contributed by atoms with Crippen LogP contribution in [0, 0.1) is 0 Å². The van der Waals surface area contributed by atoms with E-state index in [1.807, 2.05) is 16.8 Å². The predicted molar refractivity (Wildman–Crippen MR) is 51.5 cm³/mol. The first-order chi connectivity index (χ1) is 6.77. The summed E-state index contributed by atoms with van der Waals surface area (Å²) in [6, 6.07) is 0. The molecule has 2 N–H and O–H groups in total. The lowest BCUT2D eigenvalue weighted by Gasteiger charge is -2.21. The first-order valence-electron chi connectivity index (χ1n) is 4.46. The molecule has 1 aromatic rings. The lowest BCUT2D eigenvalue weighted by molar-refractivity contribution is 0.0684. The van der Waals surface area contributed by atoms with Crippen molar-refractivity contribution in [1.29, 1.82) is 0 Å². The van der Waals surface area contributed by atoms with Gasteiger partial charge in [0.25, 0.3) is 0 Å². The van der Waals surface area contributed by atoms with Crippen molar-refractivity contribution in [2.75, 3.05) is 0 Å². The highest BCUT2D eigenvalue weighted by atomic mass is 16.3. The van der Waals surface area contributed by atoms with Gasteiger partial charge in [-0.15, -0.1) is 0 Å². The zero-order valence-electron chi connectivity index (χ0n) is 7.61. The summed E-state index contributed by atoms with van der Waals surface area (Å²) < 4.78 is 1.85. The second-order valence-corrected chi connectivity index (χ2v) is 3.30. The number of imidazole rings is 1. The smallest absolute Gasteiger partial charge is 0.106 e. The van der Waals surface area contributed by atoms with E-state index < -0.39 is 12.2 Å². The quantitative estimate of drug-likeness (QED) is 0.698. The van der Waals surface area contributed by atoms with Crippen molar-refractivity contribution in [3.63, 3.8) is 0 Å². The molecule has 0 fully saturated rings. The molecule has 0 saturated carbocycles. The number of hydrogen-bond acceptors (Lipinski definition) is 3. The highest BCUT2D eigenvalue weighted by Crippen LogP contribution is 2.15. The summed E-state index contributed by atoms with van der Waals surface area (Å²) in [6.45, 7) is 0.558. The molecule has 0 radical (unpaired) electrons. The van der Waals surface area contributed by atoms with Crippen molar-refractivity contribution in [2.24, 2.45) is 0 Å². The lowest BCUT2D eigenvalue weighted by atomic mass is 9.99. The Balaban J connectivity index is 2.11. The second kappa shape index (κ2) is 3.77. The summed E-state index contributed by atoms with van der Waals surface area (Å²) >= 11 is 0. The van der Waals surface area contributed by atoms with Crippen molar-refractivity contribution in [1.82, 2.24) is 9.55 Å². The number of aromatic nitrogens is 2. The van der Waals surface area contributed by atoms with Crippen LogP contribution in [-0.4, -0.2) is 32.0 Å². The highest BCUT2D eigenvalue weighted by molar-refractivity contribution is 5.25.